The van der Waals surface area contributed by atoms with Crippen LogP contribution in [0.5, 0.6) is 0 Å². The van der Waals surface area contributed by atoms with Gasteiger partial charge in [0.15, 0.2) is 0 Å². The molecule has 4 rings (SSSR count). The molecule has 212 valence electrons. The molecule has 0 unspecified atom stereocenters. The van der Waals surface area contributed by atoms with Gasteiger partial charge in [0.25, 0.3) is 5.91 Å². The molecular formula is C28H27F4N3O5. The van der Waals surface area contributed by atoms with Gasteiger partial charge in [-0.2, -0.15) is 13.2 Å². The summed E-state index contributed by atoms with van der Waals surface area (Å²) in [5, 5.41) is 19.7. The van der Waals surface area contributed by atoms with Crippen LogP contribution >= 0.6 is 0 Å². The Morgan fingerprint density at radius 2 is 1.55 bits per heavy atom. The maximum Gasteiger partial charge on any atom is 0.490 e. The van der Waals surface area contributed by atoms with Crippen LogP contribution in [-0.4, -0.2) is 65.3 Å². The summed E-state index contributed by atoms with van der Waals surface area (Å²) < 4.78 is 45.2. The average molecular weight is 562 g/mol. The molecule has 0 aromatic heterocycles. The van der Waals surface area contributed by atoms with Crippen LogP contribution in [0, 0.1) is 12.7 Å². The zero-order valence-electron chi connectivity index (χ0n) is 21.4. The molecule has 1 heterocycles. The van der Waals surface area contributed by atoms with Crippen LogP contribution in [0.15, 0.2) is 66.7 Å². The van der Waals surface area contributed by atoms with E-state index in [0.29, 0.717) is 36.6 Å². The molecule has 40 heavy (non-hydrogen) atoms. The summed E-state index contributed by atoms with van der Waals surface area (Å²) >= 11 is 0. The number of benzene rings is 3. The largest absolute Gasteiger partial charge is 0.490 e. The van der Waals surface area contributed by atoms with Crippen LogP contribution in [0.1, 0.15) is 31.8 Å². The Balaban J connectivity index is 0.000000559. The van der Waals surface area contributed by atoms with Gasteiger partial charge in [-0.1, -0.05) is 29.8 Å². The number of aromatic carboxylic acids is 1. The lowest BCUT2D eigenvalue weighted by Gasteiger charge is -2.36. The van der Waals surface area contributed by atoms with Gasteiger partial charge in [-0.3, -0.25) is 9.69 Å². The highest BCUT2D eigenvalue weighted by Crippen LogP contribution is 2.26. The SMILES string of the molecule is Cc1cccc(C(=O)Nc2ccc(N3CCN(Cc4cccc(F)c4)CC3)c(C(=O)O)c2)c1.O=C(O)C(F)(F)F. The number of piperazine rings is 1. The van der Waals surface area contributed by atoms with Gasteiger partial charge in [0, 0.05) is 44.0 Å². The summed E-state index contributed by atoms with van der Waals surface area (Å²) in [7, 11) is 0. The third-order valence-corrected chi connectivity index (χ3v) is 6.02. The maximum absolute atomic E-state index is 13.4. The fraction of sp³-hybridized carbons (Fsp3) is 0.250. The quantitative estimate of drug-likeness (QED) is 0.362. The molecule has 3 aromatic rings. The number of aliphatic carboxylic acids is 1. The van der Waals surface area contributed by atoms with E-state index in [4.69, 9.17) is 9.90 Å². The lowest BCUT2D eigenvalue weighted by Crippen LogP contribution is -2.46. The van der Waals surface area contributed by atoms with E-state index < -0.39 is 18.1 Å². The topological polar surface area (TPSA) is 110 Å². The van der Waals surface area contributed by atoms with Crippen molar-refractivity contribution in [1.82, 2.24) is 4.90 Å². The van der Waals surface area contributed by atoms with E-state index in [2.05, 4.69) is 10.2 Å². The molecule has 0 saturated carbocycles. The van der Waals surface area contributed by atoms with E-state index >= 15 is 0 Å². The predicted molar refractivity (Wildman–Crippen MR) is 140 cm³/mol. The van der Waals surface area contributed by atoms with Gasteiger partial charge in [0.05, 0.1) is 11.3 Å². The molecule has 0 aliphatic carbocycles. The molecule has 8 nitrogen and oxygen atoms in total. The second-order valence-corrected chi connectivity index (χ2v) is 9.06. The summed E-state index contributed by atoms with van der Waals surface area (Å²) in [6, 6.07) is 18.8. The van der Waals surface area contributed by atoms with Gasteiger partial charge in [-0.05, 0) is 55.0 Å². The summed E-state index contributed by atoms with van der Waals surface area (Å²) in [6.45, 7) is 5.35. The standard InChI is InChI=1S/C26H26FN3O3.C2HF3O2/c1-18-4-2-6-20(14-18)25(31)28-22-8-9-24(23(16-22)26(32)33)30-12-10-29(11-13-30)17-19-5-3-7-21(27)15-19;3-2(4,5)1(6)7/h2-9,14-16H,10-13,17H2,1H3,(H,28,31)(H,32,33);(H,6,7). The molecule has 1 fully saturated rings. The zero-order valence-corrected chi connectivity index (χ0v) is 21.4. The van der Waals surface area contributed by atoms with E-state index in [0.717, 1.165) is 24.2 Å². The minimum Gasteiger partial charge on any atom is -0.478 e. The van der Waals surface area contributed by atoms with Gasteiger partial charge in [0.1, 0.15) is 5.82 Å². The van der Waals surface area contributed by atoms with Gasteiger partial charge in [-0.15, -0.1) is 0 Å². The lowest BCUT2D eigenvalue weighted by molar-refractivity contribution is -0.192. The first-order valence-corrected chi connectivity index (χ1v) is 12.1. The molecule has 0 radical (unpaired) electrons. The number of carbonyl (C=O) groups excluding carboxylic acids is 1. The minimum atomic E-state index is -5.08. The Hall–Kier alpha value is -4.45. The number of halogens is 4. The molecule has 0 spiro atoms. The summed E-state index contributed by atoms with van der Waals surface area (Å²) in [6.07, 6.45) is -5.08. The molecule has 1 saturated heterocycles. The number of nitrogens with one attached hydrogen (secondary N) is 1. The van der Waals surface area contributed by atoms with E-state index in [1.807, 2.05) is 30.0 Å². The number of hydrogen-bond acceptors (Lipinski definition) is 5. The fourth-order valence-corrected chi connectivity index (χ4v) is 4.09. The minimum absolute atomic E-state index is 0.149. The van der Waals surface area contributed by atoms with Crippen molar-refractivity contribution in [2.75, 3.05) is 36.4 Å². The average Bonchev–Trinajstić information content (AvgIpc) is 2.89. The van der Waals surface area contributed by atoms with Crippen LogP contribution in [0.3, 0.4) is 0 Å². The summed E-state index contributed by atoms with van der Waals surface area (Å²) in [5.41, 5.74) is 3.62. The molecule has 0 bridgehead atoms. The van der Waals surface area contributed by atoms with Crippen molar-refractivity contribution in [2.24, 2.45) is 0 Å². The Labute approximate surface area is 227 Å². The predicted octanol–water partition coefficient (Wildman–Crippen LogP) is 5.04. The summed E-state index contributed by atoms with van der Waals surface area (Å²) in [5.74, 6) is -4.33. The number of carboxylic acids is 2. The maximum atomic E-state index is 13.4. The smallest absolute Gasteiger partial charge is 0.478 e. The van der Waals surface area contributed by atoms with Crippen molar-refractivity contribution in [1.29, 1.82) is 0 Å². The zero-order chi connectivity index (χ0) is 29.4. The highest BCUT2D eigenvalue weighted by atomic mass is 19.4. The molecule has 3 aromatic carbocycles. The number of aryl methyl sites for hydroxylation is 1. The first-order valence-electron chi connectivity index (χ1n) is 12.1. The van der Waals surface area contributed by atoms with Crippen LogP contribution < -0.4 is 10.2 Å². The number of carbonyl (C=O) groups is 3. The van der Waals surface area contributed by atoms with Crippen LogP contribution in [0.25, 0.3) is 0 Å². The first-order chi connectivity index (χ1) is 18.8. The second-order valence-electron chi connectivity index (χ2n) is 9.06. The number of anilines is 2. The molecule has 0 atom stereocenters. The Morgan fingerprint density at radius 1 is 0.900 bits per heavy atom. The second kappa shape index (κ2) is 13.1. The number of alkyl halides is 3. The Morgan fingerprint density at radius 3 is 2.12 bits per heavy atom. The van der Waals surface area contributed by atoms with Crippen molar-refractivity contribution in [2.45, 2.75) is 19.6 Å². The number of amides is 1. The van der Waals surface area contributed by atoms with E-state index in [-0.39, 0.29) is 17.3 Å². The molecule has 1 aliphatic rings. The Kier molecular flexibility index (Phi) is 9.83. The van der Waals surface area contributed by atoms with Crippen molar-refractivity contribution in [3.63, 3.8) is 0 Å². The number of hydrogen-bond donors (Lipinski definition) is 3. The van der Waals surface area contributed by atoms with E-state index in [1.165, 1.54) is 12.1 Å². The van der Waals surface area contributed by atoms with E-state index in [1.54, 1.807) is 36.4 Å². The molecule has 3 N–H and O–H groups in total. The van der Waals surface area contributed by atoms with Crippen molar-refractivity contribution >= 4 is 29.2 Å². The highest BCUT2D eigenvalue weighted by molar-refractivity contribution is 6.05. The van der Waals surface area contributed by atoms with Crippen LogP contribution in [0.2, 0.25) is 0 Å². The van der Waals surface area contributed by atoms with E-state index in [9.17, 15) is 32.3 Å². The van der Waals surface area contributed by atoms with Gasteiger partial charge in [0.2, 0.25) is 0 Å². The molecule has 12 heteroatoms. The van der Waals surface area contributed by atoms with Gasteiger partial charge in [-0.25, -0.2) is 14.0 Å². The number of carboxylic acid groups (broad SMARTS) is 2. The number of rotatable bonds is 6. The van der Waals surface area contributed by atoms with Crippen LogP contribution in [-0.2, 0) is 11.3 Å². The monoisotopic (exact) mass is 561 g/mol. The highest BCUT2D eigenvalue weighted by Gasteiger charge is 2.38. The first kappa shape index (κ1) is 30.1. The van der Waals surface area contributed by atoms with Crippen molar-refractivity contribution in [3.8, 4) is 0 Å². The van der Waals surface area contributed by atoms with Crippen molar-refractivity contribution < 1.29 is 42.2 Å². The van der Waals surface area contributed by atoms with Crippen LogP contribution in [0.4, 0.5) is 28.9 Å². The summed E-state index contributed by atoms with van der Waals surface area (Å²) in [4.78, 5) is 37.7. The fourth-order valence-electron chi connectivity index (χ4n) is 4.09. The third kappa shape index (κ3) is 8.53. The number of nitrogens with zero attached hydrogens (tertiary/aromatic N) is 2. The third-order valence-electron chi connectivity index (χ3n) is 6.02. The normalized spacial score (nSPS) is 13.7. The molecule has 1 aliphatic heterocycles. The molecular weight excluding hydrogens is 534 g/mol. The van der Waals surface area contributed by atoms with Gasteiger partial charge < -0.3 is 20.4 Å². The Bertz CT molecular complexity index is 1370. The van der Waals surface area contributed by atoms with Crippen molar-refractivity contribution in [3.05, 3.63) is 94.8 Å². The van der Waals surface area contributed by atoms with Gasteiger partial charge >= 0.3 is 18.1 Å². The molecule has 1 amide bonds. The lowest BCUT2D eigenvalue weighted by atomic mass is 10.1.